The van der Waals surface area contributed by atoms with Gasteiger partial charge in [-0.2, -0.15) is 9.57 Å². The fraction of sp³-hybridized carbons (Fsp3) is 0.400. The molecule has 1 aliphatic heterocycles. The molecule has 4 nitrogen and oxygen atoms in total. The molecule has 0 atom stereocenters. The van der Waals surface area contributed by atoms with Gasteiger partial charge in [-0.3, -0.25) is 0 Å². The Hall–Kier alpha value is -1.64. The Labute approximate surface area is 119 Å². The van der Waals surface area contributed by atoms with Crippen molar-refractivity contribution < 1.29 is 8.42 Å². The summed E-state index contributed by atoms with van der Waals surface area (Å²) in [5, 5.41) is 9.06. The van der Waals surface area contributed by atoms with Gasteiger partial charge in [-0.15, -0.1) is 0 Å². The van der Waals surface area contributed by atoms with Gasteiger partial charge in [-0.05, 0) is 37.8 Å². The van der Waals surface area contributed by atoms with Crippen molar-refractivity contribution >= 4 is 10.0 Å². The van der Waals surface area contributed by atoms with Crippen molar-refractivity contribution in [1.82, 2.24) is 4.31 Å². The number of benzene rings is 1. The molecule has 0 bridgehead atoms. The summed E-state index contributed by atoms with van der Waals surface area (Å²) in [5.74, 6) is 0. The topological polar surface area (TPSA) is 61.2 Å². The molecule has 0 amide bonds. The van der Waals surface area contributed by atoms with Gasteiger partial charge < -0.3 is 0 Å². The molecule has 1 heterocycles. The van der Waals surface area contributed by atoms with E-state index in [0.717, 1.165) is 12.8 Å². The first kappa shape index (κ1) is 13.3. The zero-order chi connectivity index (χ0) is 14.2. The summed E-state index contributed by atoms with van der Waals surface area (Å²) in [7, 11) is -3.55. The van der Waals surface area contributed by atoms with E-state index in [9.17, 15) is 8.42 Å². The van der Waals surface area contributed by atoms with Gasteiger partial charge in [0.25, 0.3) is 0 Å². The van der Waals surface area contributed by atoms with E-state index in [1.54, 1.807) is 18.2 Å². The number of allylic oxidation sites excluding steroid dienone is 1. The van der Waals surface area contributed by atoms with Crippen molar-refractivity contribution in [3.8, 4) is 6.07 Å². The van der Waals surface area contributed by atoms with Crippen molar-refractivity contribution in [1.29, 1.82) is 5.26 Å². The van der Waals surface area contributed by atoms with E-state index in [2.05, 4.69) is 0 Å². The number of hydrogen-bond donors (Lipinski definition) is 0. The van der Waals surface area contributed by atoms with Gasteiger partial charge >= 0.3 is 0 Å². The van der Waals surface area contributed by atoms with Crippen LogP contribution >= 0.6 is 0 Å². The van der Waals surface area contributed by atoms with Crippen LogP contribution in [0.15, 0.2) is 40.3 Å². The molecule has 0 unspecified atom stereocenters. The second-order valence-electron chi connectivity index (χ2n) is 5.22. The fourth-order valence-corrected chi connectivity index (χ4v) is 4.27. The SMILES string of the molecule is N#Cc1ccccc1S(=O)(=O)N1CCC(=C2CC2)CC1. The van der Waals surface area contributed by atoms with Crippen molar-refractivity contribution in [3.05, 3.63) is 41.0 Å². The van der Waals surface area contributed by atoms with Crippen LogP contribution in [0, 0.1) is 11.3 Å². The summed E-state index contributed by atoms with van der Waals surface area (Å²) in [6.07, 6.45) is 4.06. The lowest BCUT2D eigenvalue weighted by Crippen LogP contribution is -2.36. The highest BCUT2D eigenvalue weighted by Crippen LogP contribution is 2.37. The molecule has 3 rings (SSSR count). The number of sulfonamides is 1. The number of nitriles is 1. The zero-order valence-electron chi connectivity index (χ0n) is 11.2. The minimum Gasteiger partial charge on any atom is -0.207 e. The predicted molar refractivity (Wildman–Crippen MR) is 75.4 cm³/mol. The summed E-state index contributed by atoms with van der Waals surface area (Å²) in [6, 6.07) is 8.38. The Bertz CT molecular complexity index is 698. The summed E-state index contributed by atoms with van der Waals surface area (Å²) in [5.41, 5.74) is 3.20. The highest BCUT2D eigenvalue weighted by molar-refractivity contribution is 7.89. The molecule has 1 aromatic carbocycles. The Morgan fingerprint density at radius 3 is 2.20 bits per heavy atom. The van der Waals surface area contributed by atoms with E-state index < -0.39 is 10.0 Å². The lowest BCUT2D eigenvalue weighted by molar-refractivity contribution is 0.386. The Morgan fingerprint density at radius 1 is 1.00 bits per heavy atom. The second kappa shape index (κ2) is 5.04. The lowest BCUT2D eigenvalue weighted by atomic mass is 10.1. The number of hydrogen-bond acceptors (Lipinski definition) is 3. The largest absolute Gasteiger partial charge is 0.244 e. The van der Waals surface area contributed by atoms with Crippen LogP contribution in [0.3, 0.4) is 0 Å². The average molecular weight is 288 g/mol. The van der Waals surface area contributed by atoms with Crippen LogP contribution in [-0.4, -0.2) is 25.8 Å². The predicted octanol–water partition coefficient (Wildman–Crippen LogP) is 2.43. The third-order valence-electron chi connectivity index (χ3n) is 3.95. The zero-order valence-corrected chi connectivity index (χ0v) is 12.0. The molecule has 0 spiro atoms. The molecule has 1 saturated heterocycles. The van der Waals surface area contributed by atoms with Crippen LogP contribution in [0.2, 0.25) is 0 Å². The molecule has 2 aliphatic rings. The Morgan fingerprint density at radius 2 is 1.60 bits per heavy atom. The molecule has 1 aromatic rings. The first-order valence-electron chi connectivity index (χ1n) is 6.82. The summed E-state index contributed by atoms with van der Waals surface area (Å²) in [6.45, 7) is 1.06. The highest BCUT2D eigenvalue weighted by Gasteiger charge is 2.30. The van der Waals surface area contributed by atoms with Crippen molar-refractivity contribution in [2.45, 2.75) is 30.6 Å². The monoisotopic (exact) mass is 288 g/mol. The van der Waals surface area contributed by atoms with Crippen LogP contribution in [0.1, 0.15) is 31.2 Å². The van der Waals surface area contributed by atoms with E-state index in [0.29, 0.717) is 13.1 Å². The van der Waals surface area contributed by atoms with Gasteiger partial charge in [0.15, 0.2) is 0 Å². The van der Waals surface area contributed by atoms with Crippen LogP contribution in [0.5, 0.6) is 0 Å². The molecular weight excluding hydrogens is 272 g/mol. The standard InChI is InChI=1S/C15H16N2O2S/c16-11-14-3-1-2-4-15(14)20(18,19)17-9-7-13(8-10-17)12-5-6-12/h1-4H,5-10H2. The van der Waals surface area contributed by atoms with Crippen LogP contribution < -0.4 is 0 Å². The first-order valence-corrected chi connectivity index (χ1v) is 8.26. The molecule has 20 heavy (non-hydrogen) atoms. The van der Waals surface area contributed by atoms with Crippen LogP contribution in [0.4, 0.5) is 0 Å². The number of piperidine rings is 1. The maximum atomic E-state index is 12.6. The van der Waals surface area contributed by atoms with E-state index in [4.69, 9.17) is 5.26 Å². The Balaban J connectivity index is 1.86. The highest BCUT2D eigenvalue weighted by atomic mass is 32.2. The molecule has 1 saturated carbocycles. The second-order valence-corrected chi connectivity index (χ2v) is 7.13. The number of rotatable bonds is 2. The molecule has 2 fully saturated rings. The molecular formula is C15H16N2O2S. The van der Waals surface area contributed by atoms with E-state index in [-0.39, 0.29) is 10.5 Å². The smallest absolute Gasteiger partial charge is 0.207 e. The number of nitrogens with zero attached hydrogens (tertiary/aromatic N) is 2. The minimum absolute atomic E-state index is 0.130. The van der Waals surface area contributed by atoms with E-state index in [1.165, 1.54) is 34.4 Å². The summed E-state index contributed by atoms with van der Waals surface area (Å²) < 4.78 is 26.7. The first-order chi connectivity index (χ1) is 9.63. The van der Waals surface area contributed by atoms with Gasteiger partial charge in [0.1, 0.15) is 6.07 Å². The van der Waals surface area contributed by atoms with Crippen molar-refractivity contribution in [2.24, 2.45) is 0 Å². The van der Waals surface area contributed by atoms with E-state index >= 15 is 0 Å². The van der Waals surface area contributed by atoms with Crippen LogP contribution in [0.25, 0.3) is 0 Å². The van der Waals surface area contributed by atoms with Gasteiger partial charge in [0.05, 0.1) is 10.5 Å². The third kappa shape index (κ3) is 2.37. The molecule has 0 radical (unpaired) electrons. The van der Waals surface area contributed by atoms with Crippen LogP contribution in [-0.2, 0) is 10.0 Å². The van der Waals surface area contributed by atoms with Crippen molar-refractivity contribution in [2.75, 3.05) is 13.1 Å². The molecule has 1 aliphatic carbocycles. The minimum atomic E-state index is -3.55. The van der Waals surface area contributed by atoms with E-state index in [1.807, 2.05) is 6.07 Å². The average Bonchev–Trinajstić information content (AvgIpc) is 3.32. The fourth-order valence-electron chi connectivity index (χ4n) is 2.69. The normalized spacial score (nSPS) is 19.8. The molecule has 0 aromatic heterocycles. The Kier molecular flexibility index (Phi) is 3.36. The summed E-state index contributed by atoms with van der Waals surface area (Å²) in [4.78, 5) is 0.130. The quantitative estimate of drug-likeness (QED) is 0.785. The molecule has 5 heteroatoms. The maximum Gasteiger partial charge on any atom is 0.244 e. The molecule has 0 N–H and O–H groups in total. The maximum absolute atomic E-state index is 12.6. The summed E-state index contributed by atoms with van der Waals surface area (Å²) >= 11 is 0. The van der Waals surface area contributed by atoms with Gasteiger partial charge in [-0.1, -0.05) is 23.3 Å². The third-order valence-corrected chi connectivity index (χ3v) is 5.91. The van der Waals surface area contributed by atoms with Crippen molar-refractivity contribution in [3.63, 3.8) is 0 Å². The van der Waals surface area contributed by atoms with Gasteiger partial charge in [0, 0.05) is 13.1 Å². The lowest BCUT2D eigenvalue weighted by Gasteiger charge is -2.28. The van der Waals surface area contributed by atoms with Gasteiger partial charge in [0.2, 0.25) is 10.0 Å². The van der Waals surface area contributed by atoms with Gasteiger partial charge in [-0.25, -0.2) is 8.42 Å². The molecule has 104 valence electrons.